The predicted octanol–water partition coefficient (Wildman–Crippen LogP) is 6.13. The number of carbonyl (C=O) groups excluding carboxylic acids is 3. The van der Waals surface area contributed by atoms with Crippen LogP contribution in [0.15, 0.2) is 65.4 Å². The van der Waals surface area contributed by atoms with E-state index in [1.54, 1.807) is 19.1 Å². The number of Topliss-reactive ketones (excluding diaryl/α,β-unsaturated/α-hetero) is 3. The van der Waals surface area contributed by atoms with Gasteiger partial charge in [-0.1, -0.05) is 36.4 Å². The molecule has 0 bridgehead atoms. The summed E-state index contributed by atoms with van der Waals surface area (Å²) in [5, 5.41) is 1.76. The fraction of sp³-hybridized carbons (Fsp3) is 0.167. The molecule has 1 unspecified atom stereocenters. The van der Waals surface area contributed by atoms with Gasteiger partial charge in [-0.05, 0) is 67.7 Å². The fourth-order valence-electron chi connectivity index (χ4n) is 6.09. The smallest absolute Gasteiger partial charge is 0.189 e. The second-order valence-corrected chi connectivity index (χ2v) is 9.91. The lowest BCUT2D eigenvalue weighted by molar-refractivity contribution is 0.0788. The van der Waals surface area contributed by atoms with Crippen LogP contribution in [0.2, 0.25) is 0 Å². The van der Waals surface area contributed by atoms with Crippen molar-refractivity contribution in [3.8, 4) is 5.75 Å². The summed E-state index contributed by atoms with van der Waals surface area (Å²) in [6.45, 7) is 5.57. The minimum Gasteiger partial charge on any atom is -0.459 e. The summed E-state index contributed by atoms with van der Waals surface area (Å²) in [5.41, 5.74) is 5.66. The molecule has 0 saturated heterocycles. The van der Waals surface area contributed by atoms with Gasteiger partial charge in [-0.25, -0.2) is 0 Å². The second kappa shape index (κ2) is 6.09. The van der Waals surface area contributed by atoms with Gasteiger partial charge in [-0.15, -0.1) is 0 Å². The average molecular weight is 444 g/mol. The molecule has 0 amide bonds. The molecule has 0 N–H and O–H groups in total. The molecule has 0 fully saturated rings. The van der Waals surface area contributed by atoms with Crippen LogP contribution < -0.4 is 4.74 Å². The number of carbonyl (C=O) groups is 3. The molecular weight excluding hydrogens is 424 g/mol. The van der Waals surface area contributed by atoms with Gasteiger partial charge in [-0.2, -0.15) is 0 Å². The summed E-state index contributed by atoms with van der Waals surface area (Å²) in [6, 6.07) is 13.2. The van der Waals surface area contributed by atoms with Gasteiger partial charge in [0.2, 0.25) is 0 Å². The molecule has 0 spiro atoms. The zero-order chi connectivity index (χ0) is 23.5. The number of allylic oxidation sites excluding steroid dienone is 5. The highest BCUT2D eigenvalue weighted by molar-refractivity contribution is 6.24. The van der Waals surface area contributed by atoms with Crippen LogP contribution in [-0.2, 0) is 6.42 Å². The van der Waals surface area contributed by atoms with E-state index in [1.807, 2.05) is 50.3 Å². The molecule has 34 heavy (non-hydrogen) atoms. The van der Waals surface area contributed by atoms with Gasteiger partial charge < -0.3 is 4.74 Å². The lowest BCUT2D eigenvalue weighted by Crippen LogP contribution is -2.42. The third kappa shape index (κ3) is 2.16. The maximum absolute atomic E-state index is 13.9. The van der Waals surface area contributed by atoms with Gasteiger partial charge >= 0.3 is 0 Å². The molecule has 1 aliphatic heterocycles. The van der Waals surface area contributed by atoms with Crippen LogP contribution in [0.4, 0.5) is 0 Å². The van der Waals surface area contributed by atoms with Crippen LogP contribution in [0.5, 0.6) is 5.75 Å². The van der Waals surface area contributed by atoms with E-state index in [4.69, 9.17) is 4.74 Å². The summed E-state index contributed by atoms with van der Waals surface area (Å²) < 4.78 is 6.67. The Kier molecular flexibility index (Phi) is 3.48. The summed E-state index contributed by atoms with van der Waals surface area (Å²) in [6.07, 6.45) is 4.27. The molecule has 7 rings (SSSR count). The summed E-state index contributed by atoms with van der Waals surface area (Å²) in [7, 11) is 0. The van der Waals surface area contributed by atoms with Crippen LogP contribution in [-0.4, -0.2) is 17.3 Å². The molecule has 164 valence electrons. The minimum absolute atomic E-state index is 0.0245. The number of hydrogen-bond donors (Lipinski definition) is 0. The van der Waals surface area contributed by atoms with Crippen molar-refractivity contribution in [2.24, 2.45) is 5.41 Å². The van der Waals surface area contributed by atoms with E-state index in [9.17, 15) is 14.4 Å². The highest BCUT2D eigenvalue weighted by Gasteiger charge is 2.50. The molecule has 1 atom stereocenters. The first-order chi connectivity index (χ1) is 16.3. The van der Waals surface area contributed by atoms with Crippen molar-refractivity contribution in [2.45, 2.75) is 27.2 Å². The standard InChI is InChI=1S/C30H20O4/c1-14-10-16-12-17-13-30(3)28(33)21-9-5-7-19-24(21)22(11-15(2)26(19)32)29(30)34-27(17)20-8-4-6-18(23(16)20)25(14)31/h4-12H,13H2,1-3H3. The molecule has 3 aliphatic carbocycles. The van der Waals surface area contributed by atoms with E-state index in [0.29, 0.717) is 51.3 Å². The molecule has 3 aromatic rings. The first-order valence-corrected chi connectivity index (χ1v) is 11.4. The predicted molar refractivity (Wildman–Crippen MR) is 130 cm³/mol. The van der Waals surface area contributed by atoms with Crippen LogP contribution in [0, 0.1) is 5.41 Å². The number of hydrogen-bond acceptors (Lipinski definition) is 4. The van der Waals surface area contributed by atoms with Crippen LogP contribution in [0.25, 0.3) is 22.4 Å². The maximum Gasteiger partial charge on any atom is 0.189 e. The van der Waals surface area contributed by atoms with Gasteiger partial charge in [-0.3, -0.25) is 14.4 Å². The lowest BCUT2D eigenvalue weighted by atomic mass is 9.65. The van der Waals surface area contributed by atoms with E-state index in [1.165, 1.54) is 0 Å². The Morgan fingerprint density at radius 2 is 1.53 bits per heavy atom. The Hall–Kier alpha value is -4.05. The largest absolute Gasteiger partial charge is 0.459 e. The highest BCUT2D eigenvalue weighted by Crippen LogP contribution is 2.54. The van der Waals surface area contributed by atoms with Crippen molar-refractivity contribution in [3.63, 3.8) is 0 Å². The van der Waals surface area contributed by atoms with Crippen molar-refractivity contribution in [3.05, 3.63) is 98.8 Å². The number of ether oxygens (including phenoxy) is 1. The zero-order valence-corrected chi connectivity index (χ0v) is 19.0. The first kappa shape index (κ1) is 19.4. The fourth-order valence-corrected chi connectivity index (χ4v) is 6.09. The topological polar surface area (TPSA) is 60.4 Å². The summed E-state index contributed by atoms with van der Waals surface area (Å²) >= 11 is 0. The van der Waals surface area contributed by atoms with Crippen LogP contribution in [0.1, 0.15) is 68.5 Å². The number of fused-ring (bicyclic) bond motifs is 3. The molecule has 0 aromatic heterocycles. The number of rotatable bonds is 0. The third-order valence-corrected chi connectivity index (χ3v) is 7.73. The summed E-state index contributed by atoms with van der Waals surface area (Å²) in [4.78, 5) is 39.6. The van der Waals surface area contributed by atoms with E-state index in [-0.39, 0.29) is 17.3 Å². The van der Waals surface area contributed by atoms with Gasteiger partial charge in [0.25, 0.3) is 0 Å². The molecule has 4 heteroatoms. The monoisotopic (exact) mass is 444 g/mol. The Balaban J connectivity index is 1.57. The zero-order valence-electron chi connectivity index (χ0n) is 19.0. The molecule has 4 nitrogen and oxygen atoms in total. The molecule has 3 aromatic carbocycles. The average Bonchev–Trinajstić information content (AvgIpc) is 2.83. The minimum atomic E-state index is -0.883. The molecule has 1 heterocycles. The van der Waals surface area contributed by atoms with Gasteiger partial charge in [0.1, 0.15) is 11.5 Å². The van der Waals surface area contributed by atoms with E-state index in [0.717, 1.165) is 27.5 Å². The maximum atomic E-state index is 13.9. The molecular formula is C30H20O4. The molecule has 4 aliphatic rings. The summed E-state index contributed by atoms with van der Waals surface area (Å²) in [5.74, 6) is 1.22. The molecule has 0 saturated carbocycles. The normalized spacial score (nSPS) is 22.0. The van der Waals surface area contributed by atoms with Crippen molar-refractivity contribution < 1.29 is 19.1 Å². The number of ketones is 3. The van der Waals surface area contributed by atoms with Gasteiger partial charge in [0.05, 0.1) is 5.41 Å². The Bertz CT molecular complexity index is 1680. The highest BCUT2D eigenvalue weighted by atomic mass is 16.5. The van der Waals surface area contributed by atoms with E-state index < -0.39 is 5.41 Å². The van der Waals surface area contributed by atoms with E-state index in [2.05, 4.69) is 6.07 Å². The third-order valence-electron chi connectivity index (χ3n) is 7.73. The van der Waals surface area contributed by atoms with Crippen molar-refractivity contribution >= 4 is 39.8 Å². The van der Waals surface area contributed by atoms with Gasteiger partial charge in [0, 0.05) is 38.6 Å². The Morgan fingerprint density at radius 3 is 2.35 bits per heavy atom. The quantitative estimate of drug-likeness (QED) is 0.418. The van der Waals surface area contributed by atoms with Crippen molar-refractivity contribution in [2.75, 3.05) is 0 Å². The second-order valence-electron chi connectivity index (χ2n) is 9.91. The molecule has 0 radical (unpaired) electrons. The Morgan fingerprint density at radius 1 is 0.853 bits per heavy atom. The lowest BCUT2D eigenvalue weighted by Gasteiger charge is -2.42. The Labute approximate surface area is 196 Å². The van der Waals surface area contributed by atoms with Crippen LogP contribution >= 0.6 is 0 Å². The SMILES string of the molecule is CC1=CC2=C3Oc4c(cc5c6c(cccc46)C(=O)C(C)=C5)CC3(C)C(=O)c3cccc(c32)C1=O. The number of benzene rings is 3. The first-order valence-electron chi connectivity index (χ1n) is 11.4. The van der Waals surface area contributed by atoms with Crippen molar-refractivity contribution in [1.29, 1.82) is 0 Å². The van der Waals surface area contributed by atoms with Crippen LogP contribution in [0.3, 0.4) is 0 Å². The van der Waals surface area contributed by atoms with Crippen molar-refractivity contribution in [1.82, 2.24) is 0 Å². The van der Waals surface area contributed by atoms with E-state index >= 15 is 0 Å². The van der Waals surface area contributed by atoms with Gasteiger partial charge in [0.15, 0.2) is 17.3 Å².